The lowest BCUT2D eigenvalue weighted by Crippen LogP contribution is -2.30. The van der Waals surface area contributed by atoms with Crippen LogP contribution in [0.2, 0.25) is 0 Å². The van der Waals surface area contributed by atoms with Crippen LogP contribution in [0, 0.1) is 0 Å². The molecule has 0 saturated heterocycles. The lowest BCUT2D eigenvalue weighted by Gasteiger charge is -2.28. The first kappa shape index (κ1) is 9.84. The number of nitrogens with zero attached hydrogens (tertiary/aromatic N) is 2. The van der Waals surface area contributed by atoms with Gasteiger partial charge in [-0.1, -0.05) is 0 Å². The van der Waals surface area contributed by atoms with Gasteiger partial charge in [-0.15, -0.1) is 0 Å². The predicted octanol–water partition coefficient (Wildman–Crippen LogP) is 1.90. The number of hydrogen-bond donors (Lipinski definition) is 1. The second-order valence-corrected chi connectivity index (χ2v) is 3.31. The molecule has 2 N–H and O–H groups in total. The van der Waals surface area contributed by atoms with Crippen LogP contribution in [0.5, 0.6) is 0 Å². The molecule has 0 spiro atoms. The molecule has 0 aliphatic rings. The minimum absolute atomic E-state index is 0.467. The summed E-state index contributed by atoms with van der Waals surface area (Å²) in [5.74, 6) is 0. The highest BCUT2D eigenvalue weighted by atomic mass is 15.2. The van der Waals surface area contributed by atoms with Gasteiger partial charge in [-0.2, -0.15) is 0 Å². The van der Waals surface area contributed by atoms with Gasteiger partial charge < -0.3 is 10.6 Å². The van der Waals surface area contributed by atoms with Crippen molar-refractivity contribution >= 4 is 11.4 Å². The van der Waals surface area contributed by atoms with E-state index in [0.717, 1.165) is 17.9 Å². The van der Waals surface area contributed by atoms with Crippen molar-refractivity contribution in [2.75, 3.05) is 17.2 Å². The molecule has 0 fully saturated rings. The number of nitrogens with two attached hydrogens (primary N) is 1. The van der Waals surface area contributed by atoms with Crippen molar-refractivity contribution < 1.29 is 0 Å². The van der Waals surface area contributed by atoms with Gasteiger partial charge in [-0.25, -0.2) is 0 Å². The zero-order chi connectivity index (χ0) is 9.84. The molecule has 1 aromatic heterocycles. The quantitative estimate of drug-likeness (QED) is 0.770. The first-order chi connectivity index (χ1) is 6.16. The molecule has 1 heterocycles. The molecular formula is C10H17N3. The summed E-state index contributed by atoms with van der Waals surface area (Å²) in [6, 6.07) is 2.42. The van der Waals surface area contributed by atoms with Crippen molar-refractivity contribution in [2.24, 2.45) is 0 Å². The topological polar surface area (TPSA) is 42.2 Å². The highest BCUT2D eigenvalue weighted by molar-refractivity contribution is 5.66. The Morgan fingerprint density at radius 2 is 2.23 bits per heavy atom. The van der Waals surface area contributed by atoms with Crippen molar-refractivity contribution in [3.8, 4) is 0 Å². The fourth-order valence-electron chi connectivity index (χ4n) is 1.47. The van der Waals surface area contributed by atoms with Crippen molar-refractivity contribution in [1.82, 2.24) is 4.98 Å². The second-order valence-electron chi connectivity index (χ2n) is 3.31. The summed E-state index contributed by atoms with van der Waals surface area (Å²) < 4.78 is 0. The highest BCUT2D eigenvalue weighted by Gasteiger charge is 2.10. The summed E-state index contributed by atoms with van der Waals surface area (Å²) in [5.41, 5.74) is 7.66. The Bertz CT molecular complexity index is 271. The zero-order valence-electron chi connectivity index (χ0n) is 8.49. The fourth-order valence-corrected chi connectivity index (χ4v) is 1.47. The van der Waals surface area contributed by atoms with Crippen molar-refractivity contribution in [1.29, 1.82) is 0 Å². The molecule has 13 heavy (non-hydrogen) atoms. The van der Waals surface area contributed by atoms with Crippen LogP contribution >= 0.6 is 0 Å². The number of pyridine rings is 1. The van der Waals surface area contributed by atoms with Crippen molar-refractivity contribution in [3.63, 3.8) is 0 Å². The van der Waals surface area contributed by atoms with E-state index in [1.165, 1.54) is 0 Å². The Labute approximate surface area is 79.6 Å². The monoisotopic (exact) mass is 179 g/mol. The standard InChI is InChI=1S/C10H17N3/c1-4-13(8(2)3)10-5-6-12-7-9(10)11/h5-8H,4,11H2,1-3H3. The molecule has 3 nitrogen and oxygen atoms in total. The molecule has 0 amide bonds. The lowest BCUT2D eigenvalue weighted by atomic mass is 10.2. The van der Waals surface area contributed by atoms with Gasteiger partial charge in [-0.3, -0.25) is 4.98 Å². The van der Waals surface area contributed by atoms with Crippen molar-refractivity contribution in [3.05, 3.63) is 18.5 Å². The first-order valence-corrected chi connectivity index (χ1v) is 4.63. The Morgan fingerprint density at radius 1 is 1.54 bits per heavy atom. The highest BCUT2D eigenvalue weighted by Crippen LogP contribution is 2.22. The summed E-state index contributed by atoms with van der Waals surface area (Å²) in [5, 5.41) is 0. The molecule has 0 aliphatic carbocycles. The van der Waals surface area contributed by atoms with E-state index in [9.17, 15) is 0 Å². The summed E-state index contributed by atoms with van der Waals surface area (Å²) >= 11 is 0. The molecule has 0 bridgehead atoms. The van der Waals surface area contributed by atoms with Crippen LogP contribution in [-0.2, 0) is 0 Å². The number of hydrogen-bond acceptors (Lipinski definition) is 3. The third kappa shape index (κ3) is 2.11. The average Bonchev–Trinajstić information content (AvgIpc) is 2.09. The molecule has 0 radical (unpaired) electrons. The Hall–Kier alpha value is -1.25. The summed E-state index contributed by atoms with van der Waals surface area (Å²) in [4.78, 5) is 6.22. The van der Waals surface area contributed by atoms with Crippen LogP contribution in [0.15, 0.2) is 18.5 Å². The van der Waals surface area contributed by atoms with Crippen LogP contribution in [0.4, 0.5) is 11.4 Å². The molecule has 0 aromatic carbocycles. The molecule has 0 aliphatic heterocycles. The van der Waals surface area contributed by atoms with Gasteiger partial charge in [0, 0.05) is 18.8 Å². The van der Waals surface area contributed by atoms with E-state index < -0.39 is 0 Å². The van der Waals surface area contributed by atoms with Crippen LogP contribution in [0.1, 0.15) is 20.8 Å². The maximum absolute atomic E-state index is 5.83. The lowest BCUT2D eigenvalue weighted by molar-refractivity contribution is 0.704. The molecule has 1 rings (SSSR count). The van der Waals surface area contributed by atoms with Crippen LogP contribution < -0.4 is 10.6 Å². The second kappa shape index (κ2) is 4.12. The van der Waals surface area contributed by atoms with Gasteiger partial charge in [0.1, 0.15) is 0 Å². The van der Waals surface area contributed by atoms with Gasteiger partial charge in [0.2, 0.25) is 0 Å². The summed E-state index contributed by atoms with van der Waals surface area (Å²) in [6.45, 7) is 7.40. The van der Waals surface area contributed by atoms with Crippen LogP contribution in [0.25, 0.3) is 0 Å². The third-order valence-electron chi connectivity index (χ3n) is 2.10. The SMILES string of the molecule is CCN(c1ccncc1N)C(C)C. The Morgan fingerprint density at radius 3 is 2.69 bits per heavy atom. The maximum atomic E-state index is 5.83. The van der Waals surface area contributed by atoms with E-state index in [4.69, 9.17) is 5.73 Å². The molecule has 72 valence electrons. The number of anilines is 2. The maximum Gasteiger partial charge on any atom is 0.0738 e. The zero-order valence-corrected chi connectivity index (χ0v) is 8.49. The smallest absolute Gasteiger partial charge is 0.0738 e. The van der Waals surface area contributed by atoms with Gasteiger partial charge in [0.05, 0.1) is 17.6 Å². The average molecular weight is 179 g/mol. The predicted molar refractivity (Wildman–Crippen MR) is 56.8 cm³/mol. The van der Waals surface area contributed by atoms with Gasteiger partial charge in [0.15, 0.2) is 0 Å². The minimum Gasteiger partial charge on any atom is -0.396 e. The first-order valence-electron chi connectivity index (χ1n) is 4.63. The third-order valence-corrected chi connectivity index (χ3v) is 2.10. The largest absolute Gasteiger partial charge is 0.396 e. The molecule has 1 aromatic rings. The fraction of sp³-hybridized carbons (Fsp3) is 0.500. The minimum atomic E-state index is 0.467. The summed E-state index contributed by atoms with van der Waals surface area (Å²) in [6.07, 6.45) is 3.47. The molecule has 3 heteroatoms. The number of aromatic nitrogens is 1. The van der Waals surface area contributed by atoms with Gasteiger partial charge in [0.25, 0.3) is 0 Å². The van der Waals surface area contributed by atoms with E-state index in [0.29, 0.717) is 6.04 Å². The number of nitrogen functional groups attached to an aromatic ring is 1. The Kier molecular flexibility index (Phi) is 3.12. The van der Waals surface area contributed by atoms with E-state index in [1.807, 2.05) is 6.07 Å². The van der Waals surface area contributed by atoms with Crippen LogP contribution in [-0.4, -0.2) is 17.6 Å². The Balaban J connectivity index is 2.97. The van der Waals surface area contributed by atoms with Crippen molar-refractivity contribution in [2.45, 2.75) is 26.8 Å². The van der Waals surface area contributed by atoms with E-state index in [-0.39, 0.29) is 0 Å². The van der Waals surface area contributed by atoms with E-state index in [1.54, 1.807) is 12.4 Å². The van der Waals surface area contributed by atoms with E-state index >= 15 is 0 Å². The summed E-state index contributed by atoms with van der Waals surface area (Å²) in [7, 11) is 0. The molecule has 0 saturated carbocycles. The van der Waals surface area contributed by atoms with Crippen LogP contribution in [0.3, 0.4) is 0 Å². The number of rotatable bonds is 3. The molecular weight excluding hydrogens is 162 g/mol. The normalized spacial score (nSPS) is 10.5. The molecule has 0 unspecified atom stereocenters. The van der Waals surface area contributed by atoms with Gasteiger partial charge in [-0.05, 0) is 26.8 Å². The van der Waals surface area contributed by atoms with E-state index in [2.05, 4.69) is 30.7 Å². The molecule has 0 atom stereocenters. The van der Waals surface area contributed by atoms with Gasteiger partial charge >= 0.3 is 0 Å².